The van der Waals surface area contributed by atoms with Gasteiger partial charge in [-0.05, 0) is 42.1 Å². The van der Waals surface area contributed by atoms with Crippen molar-refractivity contribution >= 4 is 46.3 Å². The molecule has 2 amide bonds. The molecule has 1 heterocycles. The van der Waals surface area contributed by atoms with Crippen LogP contribution in [0.2, 0.25) is 5.02 Å². The number of imide groups is 1. The number of hydrogen-bond donors (Lipinski definition) is 0. The lowest BCUT2D eigenvalue weighted by Gasteiger charge is -2.15. The van der Waals surface area contributed by atoms with Gasteiger partial charge in [0.2, 0.25) is 0 Å². The second kappa shape index (κ2) is 6.67. The van der Waals surface area contributed by atoms with Gasteiger partial charge in [0.15, 0.2) is 0 Å². The lowest BCUT2D eigenvalue weighted by atomic mass is 10.2. The summed E-state index contributed by atoms with van der Waals surface area (Å²) in [5.41, 5.74) is 0.412. The summed E-state index contributed by atoms with van der Waals surface area (Å²) >= 11 is 6.70. The number of amides is 2. The van der Waals surface area contributed by atoms with Gasteiger partial charge in [-0.3, -0.25) is 9.59 Å². The Hall–Kier alpha value is -2.31. The van der Waals surface area contributed by atoms with Crippen molar-refractivity contribution < 1.29 is 18.7 Å². The van der Waals surface area contributed by atoms with Crippen LogP contribution in [0.5, 0.6) is 5.75 Å². The topological polar surface area (TPSA) is 46.6 Å². The maximum absolute atomic E-state index is 13.9. The summed E-state index contributed by atoms with van der Waals surface area (Å²) in [4.78, 5) is 26.0. The smallest absolute Gasteiger partial charge is 0.298 e. The first-order chi connectivity index (χ1) is 11.5. The molecule has 0 N–H and O–H groups in total. The van der Waals surface area contributed by atoms with Crippen molar-refractivity contribution in [1.29, 1.82) is 0 Å². The van der Waals surface area contributed by atoms with Crippen LogP contribution in [0.4, 0.5) is 14.9 Å². The van der Waals surface area contributed by atoms with Crippen LogP contribution in [0.1, 0.15) is 5.56 Å². The standard InChI is InChI=1S/C17H11ClFNO3S/c1-23-14-8-3-2-7-13(14)20-16(21)15(24-17(20)22)9-10-11(18)5-4-6-12(10)19/h2-9H,1H3/b15-9-. The second-order valence-electron chi connectivity index (χ2n) is 4.82. The van der Waals surface area contributed by atoms with Gasteiger partial charge in [0.25, 0.3) is 11.1 Å². The van der Waals surface area contributed by atoms with Gasteiger partial charge in [0.05, 0.1) is 22.7 Å². The Morgan fingerprint density at radius 2 is 1.92 bits per heavy atom. The number of anilines is 1. The molecule has 0 radical (unpaired) electrons. The Bertz CT molecular complexity index is 848. The van der Waals surface area contributed by atoms with E-state index in [2.05, 4.69) is 0 Å². The van der Waals surface area contributed by atoms with Gasteiger partial charge in [-0.25, -0.2) is 9.29 Å². The van der Waals surface area contributed by atoms with Crippen LogP contribution in [-0.4, -0.2) is 18.3 Å². The zero-order chi connectivity index (χ0) is 17.3. The van der Waals surface area contributed by atoms with Gasteiger partial charge < -0.3 is 4.74 Å². The molecule has 2 aromatic rings. The van der Waals surface area contributed by atoms with Crippen LogP contribution in [0.25, 0.3) is 6.08 Å². The zero-order valence-corrected chi connectivity index (χ0v) is 14.0. The van der Waals surface area contributed by atoms with E-state index in [-0.39, 0.29) is 15.5 Å². The van der Waals surface area contributed by atoms with Crippen molar-refractivity contribution in [3.05, 3.63) is 63.8 Å². The summed E-state index contributed by atoms with van der Waals surface area (Å²) in [6, 6.07) is 10.9. The number of halogens is 2. The molecule has 0 bridgehead atoms. The van der Waals surface area contributed by atoms with Gasteiger partial charge in [-0.1, -0.05) is 29.8 Å². The van der Waals surface area contributed by atoms with Crippen LogP contribution in [0.3, 0.4) is 0 Å². The third-order valence-corrected chi connectivity index (χ3v) is 4.59. The molecular formula is C17H11ClFNO3S. The first kappa shape index (κ1) is 16.5. The van der Waals surface area contributed by atoms with Crippen molar-refractivity contribution in [3.8, 4) is 5.75 Å². The highest BCUT2D eigenvalue weighted by molar-refractivity contribution is 8.19. The normalized spacial score (nSPS) is 16.1. The Morgan fingerprint density at radius 3 is 2.62 bits per heavy atom. The summed E-state index contributed by atoms with van der Waals surface area (Å²) in [7, 11) is 1.45. The van der Waals surface area contributed by atoms with E-state index >= 15 is 0 Å². The molecule has 2 aromatic carbocycles. The fourth-order valence-electron chi connectivity index (χ4n) is 2.27. The van der Waals surface area contributed by atoms with Crippen molar-refractivity contribution in [3.63, 3.8) is 0 Å². The number of para-hydroxylation sites is 2. The average Bonchev–Trinajstić information content (AvgIpc) is 2.85. The fourth-order valence-corrected chi connectivity index (χ4v) is 3.30. The van der Waals surface area contributed by atoms with Gasteiger partial charge in [0, 0.05) is 5.56 Å². The van der Waals surface area contributed by atoms with E-state index in [9.17, 15) is 14.0 Å². The van der Waals surface area contributed by atoms with E-state index in [1.54, 1.807) is 24.3 Å². The number of benzene rings is 2. The minimum Gasteiger partial charge on any atom is -0.495 e. The molecule has 1 aliphatic rings. The van der Waals surface area contributed by atoms with E-state index in [0.717, 1.165) is 16.7 Å². The second-order valence-corrected chi connectivity index (χ2v) is 6.22. The molecule has 0 atom stereocenters. The summed E-state index contributed by atoms with van der Waals surface area (Å²) < 4.78 is 19.1. The molecule has 0 unspecified atom stereocenters. The average molecular weight is 364 g/mol. The molecule has 3 rings (SSSR count). The lowest BCUT2D eigenvalue weighted by Crippen LogP contribution is -2.28. The van der Waals surface area contributed by atoms with Crippen molar-refractivity contribution in [2.24, 2.45) is 0 Å². The first-order valence-corrected chi connectivity index (χ1v) is 8.07. The molecule has 4 nitrogen and oxygen atoms in total. The molecule has 1 saturated heterocycles. The number of rotatable bonds is 3. The molecule has 1 fully saturated rings. The van der Waals surface area contributed by atoms with Crippen LogP contribution in [0.15, 0.2) is 47.4 Å². The zero-order valence-electron chi connectivity index (χ0n) is 12.5. The number of ether oxygens (including phenoxy) is 1. The highest BCUT2D eigenvalue weighted by Gasteiger charge is 2.37. The molecule has 0 aliphatic carbocycles. The molecule has 0 saturated carbocycles. The van der Waals surface area contributed by atoms with Crippen LogP contribution >= 0.6 is 23.4 Å². The molecular weight excluding hydrogens is 353 g/mol. The predicted molar refractivity (Wildman–Crippen MR) is 92.9 cm³/mol. The van der Waals surface area contributed by atoms with Crippen molar-refractivity contribution in [2.75, 3.05) is 12.0 Å². The number of carbonyl (C=O) groups is 2. The Balaban J connectivity index is 2.02. The van der Waals surface area contributed by atoms with Crippen LogP contribution in [0, 0.1) is 5.82 Å². The fraction of sp³-hybridized carbons (Fsp3) is 0.0588. The highest BCUT2D eigenvalue weighted by Crippen LogP contribution is 2.40. The van der Waals surface area contributed by atoms with Gasteiger partial charge >= 0.3 is 0 Å². The van der Waals surface area contributed by atoms with Crippen molar-refractivity contribution in [1.82, 2.24) is 0 Å². The SMILES string of the molecule is COc1ccccc1N1C(=O)S/C(=C\c2c(F)cccc2Cl)C1=O. The van der Waals surface area contributed by atoms with E-state index in [1.165, 1.54) is 31.4 Å². The lowest BCUT2D eigenvalue weighted by molar-refractivity contribution is -0.113. The Morgan fingerprint density at radius 1 is 1.17 bits per heavy atom. The summed E-state index contributed by atoms with van der Waals surface area (Å²) in [5.74, 6) is -0.717. The van der Waals surface area contributed by atoms with Crippen LogP contribution < -0.4 is 9.64 Å². The molecule has 122 valence electrons. The number of thioether (sulfide) groups is 1. The quantitative estimate of drug-likeness (QED) is 0.740. The molecule has 24 heavy (non-hydrogen) atoms. The maximum Gasteiger partial charge on any atom is 0.298 e. The molecule has 0 spiro atoms. The van der Waals surface area contributed by atoms with Gasteiger partial charge in [0.1, 0.15) is 11.6 Å². The van der Waals surface area contributed by atoms with E-state index in [1.807, 2.05) is 0 Å². The number of hydrogen-bond acceptors (Lipinski definition) is 4. The Labute approximate surface area is 146 Å². The van der Waals surface area contributed by atoms with Gasteiger partial charge in [-0.15, -0.1) is 0 Å². The minimum atomic E-state index is -0.563. The Kier molecular flexibility index (Phi) is 4.59. The van der Waals surface area contributed by atoms with Crippen LogP contribution in [-0.2, 0) is 4.79 Å². The monoisotopic (exact) mass is 363 g/mol. The predicted octanol–water partition coefficient (Wildman–Crippen LogP) is 4.73. The third-order valence-electron chi connectivity index (χ3n) is 3.39. The van der Waals surface area contributed by atoms with Gasteiger partial charge in [-0.2, -0.15) is 0 Å². The number of carbonyl (C=O) groups excluding carboxylic acids is 2. The number of nitrogens with zero attached hydrogens (tertiary/aromatic N) is 1. The first-order valence-electron chi connectivity index (χ1n) is 6.88. The third kappa shape index (κ3) is 2.90. The van der Waals surface area contributed by atoms with Crippen molar-refractivity contribution in [2.45, 2.75) is 0 Å². The summed E-state index contributed by atoms with van der Waals surface area (Å²) in [5, 5.41) is -0.317. The molecule has 1 aliphatic heterocycles. The van der Waals surface area contributed by atoms with E-state index in [4.69, 9.17) is 16.3 Å². The maximum atomic E-state index is 13.9. The van der Waals surface area contributed by atoms with E-state index < -0.39 is 17.0 Å². The van der Waals surface area contributed by atoms with E-state index in [0.29, 0.717) is 11.4 Å². The highest BCUT2D eigenvalue weighted by atomic mass is 35.5. The summed E-state index contributed by atoms with van der Waals surface area (Å²) in [6.07, 6.45) is 1.29. The largest absolute Gasteiger partial charge is 0.495 e. The molecule has 0 aromatic heterocycles. The number of methoxy groups -OCH3 is 1. The molecule has 7 heteroatoms. The minimum absolute atomic E-state index is 0.0738. The summed E-state index contributed by atoms with van der Waals surface area (Å²) in [6.45, 7) is 0.